The molecule has 3 nitrogen and oxygen atoms in total. The van der Waals surface area contributed by atoms with Crippen LogP contribution in [0.25, 0.3) is 11.1 Å². The summed E-state index contributed by atoms with van der Waals surface area (Å²) in [4.78, 5) is 12.2. The molecule has 0 N–H and O–H groups in total. The van der Waals surface area contributed by atoms with Gasteiger partial charge in [-0.3, -0.25) is 0 Å². The Labute approximate surface area is 179 Å². The zero-order chi connectivity index (χ0) is 21.2. The summed E-state index contributed by atoms with van der Waals surface area (Å²) in [5.74, 6) is 1.08. The molecule has 0 aliphatic carbocycles. The van der Waals surface area contributed by atoms with Crippen LogP contribution >= 0.6 is 0 Å². The van der Waals surface area contributed by atoms with Gasteiger partial charge >= 0.3 is 5.97 Å². The average Bonchev–Trinajstić information content (AvgIpc) is 2.78. The van der Waals surface area contributed by atoms with E-state index in [1.54, 1.807) is 12.1 Å². The Morgan fingerprint density at radius 3 is 1.97 bits per heavy atom. The van der Waals surface area contributed by atoms with Crippen molar-refractivity contribution in [2.24, 2.45) is 0 Å². The summed E-state index contributed by atoms with van der Waals surface area (Å²) in [7, 11) is 0. The van der Waals surface area contributed by atoms with Gasteiger partial charge in [0.2, 0.25) is 0 Å². The number of unbranched alkanes of at least 4 members (excludes halogenated alkanes) is 3. The Bertz CT molecular complexity index is 899. The molecule has 0 radical (unpaired) electrons. The molecule has 0 aliphatic heterocycles. The molecule has 30 heavy (non-hydrogen) atoms. The van der Waals surface area contributed by atoms with Crippen LogP contribution in [0.15, 0.2) is 78.9 Å². The van der Waals surface area contributed by atoms with E-state index in [2.05, 4.69) is 26.0 Å². The lowest BCUT2D eigenvalue weighted by Gasteiger charge is -2.15. The van der Waals surface area contributed by atoms with Crippen LogP contribution in [0.4, 0.5) is 0 Å². The second-order valence-electron chi connectivity index (χ2n) is 7.58. The van der Waals surface area contributed by atoms with Crippen LogP contribution in [0, 0.1) is 0 Å². The van der Waals surface area contributed by atoms with E-state index in [1.165, 1.54) is 25.7 Å². The van der Waals surface area contributed by atoms with Crippen molar-refractivity contribution in [3.05, 3.63) is 84.4 Å². The Balaban J connectivity index is 1.54. The first-order valence-corrected chi connectivity index (χ1v) is 10.8. The van der Waals surface area contributed by atoms with Crippen molar-refractivity contribution in [1.29, 1.82) is 0 Å². The first kappa shape index (κ1) is 21.6. The van der Waals surface area contributed by atoms with Gasteiger partial charge in [-0.15, -0.1) is 0 Å². The van der Waals surface area contributed by atoms with E-state index in [4.69, 9.17) is 9.47 Å². The molecule has 0 aliphatic rings. The number of ether oxygens (including phenoxy) is 2. The zero-order valence-electron chi connectivity index (χ0n) is 17.8. The topological polar surface area (TPSA) is 35.5 Å². The smallest absolute Gasteiger partial charge is 0.343 e. The van der Waals surface area contributed by atoms with Crippen molar-refractivity contribution in [3.8, 4) is 22.6 Å². The first-order valence-electron chi connectivity index (χ1n) is 10.8. The molecule has 0 unspecified atom stereocenters. The van der Waals surface area contributed by atoms with Crippen molar-refractivity contribution in [3.63, 3.8) is 0 Å². The summed E-state index contributed by atoms with van der Waals surface area (Å²) in [6, 6.07) is 24.7. The number of carbonyl (C=O) groups excluding carboxylic acids is 1. The van der Waals surface area contributed by atoms with Crippen molar-refractivity contribution in [1.82, 2.24) is 0 Å². The van der Waals surface area contributed by atoms with Crippen molar-refractivity contribution in [2.45, 2.75) is 52.1 Å². The molecule has 0 amide bonds. The Hall–Kier alpha value is -3.07. The maximum Gasteiger partial charge on any atom is 0.343 e. The molecule has 3 heteroatoms. The third kappa shape index (κ3) is 6.48. The van der Waals surface area contributed by atoms with Gasteiger partial charge in [0, 0.05) is 0 Å². The third-order valence-electron chi connectivity index (χ3n) is 5.06. The largest absolute Gasteiger partial charge is 0.491 e. The molecule has 0 saturated heterocycles. The summed E-state index contributed by atoms with van der Waals surface area (Å²) in [6.45, 7) is 4.36. The van der Waals surface area contributed by atoms with Crippen LogP contribution in [-0.2, 0) is 0 Å². The van der Waals surface area contributed by atoms with Gasteiger partial charge in [0.15, 0.2) is 0 Å². The van der Waals surface area contributed by atoms with E-state index in [0.717, 1.165) is 23.3 Å². The first-order chi connectivity index (χ1) is 14.7. The van der Waals surface area contributed by atoms with Crippen LogP contribution < -0.4 is 9.47 Å². The fraction of sp³-hybridized carbons (Fsp3) is 0.296. The van der Waals surface area contributed by atoms with E-state index in [0.29, 0.717) is 11.3 Å². The molecule has 156 valence electrons. The van der Waals surface area contributed by atoms with E-state index in [1.807, 2.05) is 54.6 Å². The molecule has 0 saturated carbocycles. The molecular weight excluding hydrogens is 372 g/mol. The number of rotatable bonds is 10. The molecule has 3 aromatic carbocycles. The molecule has 3 rings (SSSR count). The quantitative estimate of drug-likeness (QED) is 0.203. The number of hydrogen-bond donors (Lipinski definition) is 0. The van der Waals surface area contributed by atoms with Crippen molar-refractivity contribution >= 4 is 5.97 Å². The number of hydrogen-bond acceptors (Lipinski definition) is 3. The number of esters is 1. The standard InChI is InChI=1S/C27H30O3/c1-3-4-5-7-10-21(2)29-25-17-13-22(14-18-25)23-15-19-26(20-16-23)30-27(28)24-11-8-6-9-12-24/h6,8-9,11-21H,3-5,7,10H2,1-2H3/t21-/m0/s1. The van der Waals surface area contributed by atoms with Crippen molar-refractivity contribution in [2.75, 3.05) is 0 Å². The SMILES string of the molecule is CCCCCC[C@H](C)Oc1ccc(-c2ccc(OC(=O)c3ccccc3)cc2)cc1. The highest BCUT2D eigenvalue weighted by molar-refractivity contribution is 5.91. The lowest BCUT2D eigenvalue weighted by molar-refractivity contribution is 0.0735. The highest BCUT2D eigenvalue weighted by Crippen LogP contribution is 2.26. The predicted molar refractivity (Wildman–Crippen MR) is 122 cm³/mol. The van der Waals surface area contributed by atoms with Gasteiger partial charge < -0.3 is 9.47 Å². The molecule has 0 heterocycles. The van der Waals surface area contributed by atoms with Gasteiger partial charge in [0.25, 0.3) is 0 Å². The number of benzene rings is 3. The van der Waals surface area contributed by atoms with Crippen LogP contribution in [0.1, 0.15) is 56.3 Å². The van der Waals surface area contributed by atoms with Crippen molar-refractivity contribution < 1.29 is 14.3 Å². The molecule has 0 bridgehead atoms. The van der Waals surface area contributed by atoms with E-state index in [-0.39, 0.29) is 12.1 Å². The minimum Gasteiger partial charge on any atom is -0.491 e. The molecule has 0 aromatic heterocycles. The van der Waals surface area contributed by atoms with E-state index >= 15 is 0 Å². The summed E-state index contributed by atoms with van der Waals surface area (Å²) >= 11 is 0. The minimum atomic E-state index is -0.353. The molecule has 3 aromatic rings. The second kappa shape index (κ2) is 11.2. The summed E-state index contributed by atoms with van der Waals surface area (Å²) in [6.07, 6.45) is 6.36. The van der Waals surface area contributed by atoms with Gasteiger partial charge in [-0.05, 0) is 67.3 Å². The fourth-order valence-corrected chi connectivity index (χ4v) is 3.33. The molecular formula is C27H30O3. The highest BCUT2D eigenvalue weighted by atomic mass is 16.5. The van der Waals surface area contributed by atoms with Gasteiger partial charge in [0.1, 0.15) is 11.5 Å². The maximum atomic E-state index is 12.2. The highest BCUT2D eigenvalue weighted by Gasteiger charge is 2.08. The lowest BCUT2D eigenvalue weighted by Crippen LogP contribution is -2.11. The van der Waals surface area contributed by atoms with Crippen LogP contribution in [0.2, 0.25) is 0 Å². The van der Waals surface area contributed by atoms with Crippen LogP contribution in [-0.4, -0.2) is 12.1 Å². The molecule has 0 fully saturated rings. The Morgan fingerprint density at radius 2 is 1.37 bits per heavy atom. The summed E-state index contributed by atoms with van der Waals surface area (Å²) in [5.41, 5.74) is 2.70. The Kier molecular flexibility index (Phi) is 8.08. The van der Waals surface area contributed by atoms with Gasteiger partial charge in [-0.1, -0.05) is 68.7 Å². The molecule has 1 atom stereocenters. The summed E-state index contributed by atoms with van der Waals surface area (Å²) < 4.78 is 11.5. The Morgan fingerprint density at radius 1 is 0.767 bits per heavy atom. The van der Waals surface area contributed by atoms with Gasteiger partial charge in [-0.2, -0.15) is 0 Å². The lowest BCUT2D eigenvalue weighted by atomic mass is 10.1. The van der Waals surface area contributed by atoms with E-state index < -0.39 is 0 Å². The zero-order valence-corrected chi connectivity index (χ0v) is 17.8. The van der Waals surface area contributed by atoms with Gasteiger partial charge in [-0.25, -0.2) is 4.79 Å². The normalized spacial score (nSPS) is 11.7. The summed E-state index contributed by atoms with van der Waals surface area (Å²) in [5, 5.41) is 0. The average molecular weight is 403 g/mol. The fourth-order valence-electron chi connectivity index (χ4n) is 3.33. The number of carbonyl (C=O) groups is 1. The predicted octanol–water partition coefficient (Wildman–Crippen LogP) is 7.31. The van der Waals surface area contributed by atoms with Gasteiger partial charge in [0.05, 0.1) is 11.7 Å². The van der Waals surface area contributed by atoms with Crippen LogP contribution in [0.3, 0.4) is 0 Å². The third-order valence-corrected chi connectivity index (χ3v) is 5.06. The van der Waals surface area contributed by atoms with Crippen LogP contribution in [0.5, 0.6) is 11.5 Å². The van der Waals surface area contributed by atoms with E-state index in [9.17, 15) is 4.79 Å². The maximum absolute atomic E-state index is 12.2. The monoisotopic (exact) mass is 402 g/mol. The molecule has 0 spiro atoms. The minimum absolute atomic E-state index is 0.228. The second-order valence-corrected chi connectivity index (χ2v) is 7.58.